The minimum Gasteiger partial charge on any atom is -0.360 e. The first kappa shape index (κ1) is 16.4. The van der Waals surface area contributed by atoms with Crippen LogP contribution >= 0.6 is 11.3 Å². The van der Waals surface area contributed by atoms with Crippen LogP contribution in [0.15, 0.2) is 33.7 Å². The predicted molar refractivity (Wildman–Crippen MR) is 92.6 cm³/mol. The summed E-state index contributed by atoms with van der Waals surface area (Å²) in [4.78, 5) is 27.8. The molecule has 2 aromatic rings. The number of aryl methyl sites for hydroxylation is 1. The molecule has 1 atom stereocenters. The van der Waals surface area contributed by atoms with E-state index in [2.05, 4.69) is 10.5 Å². The van der Waals surface area contributed by atoms with Crippen molar-refractivity contribution >= 4 is 35.0 Å². The van der Waals surface area contributed by atoms with Crippen molar-refractivity contribution in [2.75, 3.05) is 11.9 Å². The third-order valence-electron chi connectivity index (χ3n) is 3.93. The molecule has 0 unspecified atom stereocenters. The van der Waals surface area contributed by atoms with Crippen molar-refractivity contribution in [1.82, 2.24) is 10.1 Å². The number of carbonyl (C=O) groups is 2. The molecule has 0 spiro atoms. The lowest BCUT2D eigenvalue weighted by Gasteiger charge is -2.23. The molecular formula is C17H19N3O3S. The van der Waals surface area contributed by atoms with E-state index in [9.17, 15) is 9.59 Å². The van der Waals surface area contributed by atoms with E-state index in [1.807, 2.05) is 23.6 Å². The molecule has 126 valence electrons. The van der Waals surface area contributed by atoms with Crippen molar-refractivity contribution < 1.29 is 14.1 Å². The molecule has 2 aromatic heterocycles. The minimum absolute atomic E-state index is 0.0996. The van der Waals surface area contributed by atoms with Crippen molar-refractivity contribution in [3.05, 3.63) is 39.8 Å². The van der Waals surface area contributed by atoms with Crippen molar-refractivity contribution in [2.24, 2.45) is 0 Å². The van der Waals surface area contributed by atoms with E-state index in [0.717, 1.165) is 11.3 Å². The number of carbonyl (C=O) groups excluding carboxylic acids is 2. The van der Waals surface area contributed by atoms with Gasteiger partial charge in [-0.15, -0.1) is 11.3 Å². The number of nitrogens with zero attached hydrogens (tertiary/aromatic N) is 2. The molecule has 1 aliphatic rings. The van der Waals surface area contributed by atoms with E-state index in [-0.39, 0.29) is 11.8 Å². The van der Waals surface area contributed by atoms with Gasteiger partial charge in [-0.2, -0.15) is 0 Å². The number of thiophene rings is 1. The number of anilines is 1. The van der Waals surface area contributed by atoms with Crippen LogP contribution in [0.3, 0.4) is 0 Å². The van der Waals surface area contributed by atoms with Crippen LogP contribution in [-0.4, -0.2) is 34.5 Å². The number of likely N-dealkylation sites (tertiary alicyclic amines) is 1. The monoisotopic (exact) mass is 345 g/mol. The van der Waals surface area contributed by atoms with E-state index in [0.29, 0.717) is 30.1 Å². The first-order valence-corrected chi connectivity index (χ1v) is 8.69. The van der Waals surface area contributed by atoms with Gasteiger partial charge in [0.25, 0.3) is 0 Å². The Balaban J connectivity index is 1.70. The highest BCUT2D eigenvalue weighted by Gasteiger charge is 2.34. The van der Waals surface area contributed by atoms with E-state index >= 15 is 0 Å². The fourth-order valence-corrected chi connectivity index (χ4v) is 3.51. The Hall–Kier alpha value is -2.41. The van der Waals surface area contributed by atoms with Crippen LogP contribution in [0.25, 0.3) is 6.08 Å². The molecule has 2 amide bonds. The average Bonchev–Trinajstić information content (AvgIpc) is 3.28. The minimum atomic E-state index is -0.471. The SMILES string of the molecule is C/C(=C\c1cccs1)C(=O)N1CCC[C@H]1C(=O)Nc1cc(C)on1. The molecule has 1 saturated heterocycles. The highest BCUT2D eigenvalue weighted by atomic mass is 32.1. The summed E-state index contributed by atoms with van der Waals surface area (Å²) in [5.74, 6) is 0.678. The van der Waals surface area contributed by atoms with Gasteiger partial charge in [-0.3, -0.25) is 9.59 Å². The van der Waals surface area contributed by atoms with Crippen LogP contribution in [-0.2, 0) is 9.59 Å². The number of aromatic nitrogens is 1. The maximum absolute atomic E-state index is 12.7. The zero-order valence-corrected chi connectivity index (χ0v) is 14.4. The van der Waals surface area contributed by atoms with Crippen LogP contribution < -0.4 is 5.32 Å². The summed E-state index contributed by atoms with van der Waals surface area (Å²) in [6.45, 7) is 4.13. The third kappa shape index (κ3) is 3.56. The van der Waals surface area contributed by atoms with E-state index in [1.165, 1.54) is 0 Å². The van der Waals surface area contributed by atoms with Gasteiger partial charge in [0.15, 0.2) is 5.82 Å². The molecule has 0 radical (unpaired) electrons. The Bertz CT molecular complexity index is 764. The van der Waals surface area contributed by atoms with Gasteiger partial charge in [0, 0.05) is 23.1 Å². The fraction of sp³-hybridized carbons (Fsp3) is 0.353. The summed E-state index contributed by atoms with van der Waals surface area (Å²) < 4.78 is 4.95. The molecule has 6 nitrogen and oxygen atoms in total. The highest BCUT2D eigenvalue weighted by Crippen LogP contribution is 2.23. The van der Waals surface area contributed by atoms with Gasteiger partial charge in [0.2, 0.25) is 11.8 Å². The number of hydrogen-bond donors (Lipinski definition) is 1. The average molecular weight is 345 g/mol. The second-order valence-corrected chi connectivity index (χ2v) is 6.79. The second-order valence-electron chi connectivity index (χ2n) is 5.81. The lowest BCUT2D eigenvalue weighted by molar-refractivity contribution is -0.133. The molecule has 3 rings (SSSR count). The Morgan fingerprint density at radius 3 is 3.00 bits per heavy atom. The molecule has 1 aliphatic heterocycles. The van der Waals surface area contributed by atoms with Gasteiger partial charge in [-0.1, -0.05) is 11.2 Å². The summed E-state index contributed by atoms with van der Waals surface area (Å²) >= 11 is 1.58. The number of rotatable bonds is 4. The lowest BCUT2D eigenvalue weighted by atomic mass is 10.1. The van der Waals surface area contributed by atoms with Crippen LogP contribution in [0.1, 0.15) is 30.4 Å². The fourth-order valence-electron chi connectivity index (χ4n) is 2.79. The topological polar surface area (TPSA) is 75.4 Å². The molecule has 24 heavy (non-hydrogen) atoms. The predicted octanol–water partition coefficient (Wildman–Crippen LogP) is 3.08. The zero-order valence-electron chi connectivity index (χ0n) is 13.6. The second kappa shape index (κ2) is 7.00. The maximum Gasteiger partial charge on any atom is 0.250 e. The van der Waals surface area contributed by atoms with Crippen molar-refractivity contribution in [2.45, 2.75) is 32.7 Å². The summed E-state index contributed by atoms with van der Waals surface area (Å²) in [6.07, 6.45) is 3.33. The number of hydrogen-bond acceptors (Lipinski definition) is 5. The Labute approximate surface area is 144 Å². The molecule has 0 bridgehead atoms. The molecule has 3 heterocycles. The van der Waals surface area contributed by atoms with Gasteiger partial charge in [-0.25, -0.2) is 0 Å². The van der Waals surface area contributed by atoms with Crippen molar-refractivity contribution in [3.63, 3.8) is 0 Å². The van der Waals surface area contributed by atoms with E-state index in [4.69, 9.17) is 4.52 Å². The van der Waals surface area contributed by atoms with Gasteiger partial charge in [0.1, 0.15) is 11.8 Å². The molecule has 1 fully saturated rings. The summed E-state index contributed by atoms with van der Waals surface area (Å²) in [6, 6.07) is 5.09. The largest absolute Gasteiger partial charge is 0.360 e. The van der Waals surface area contributed by atoms with Crippen LogP contribution in [0, 0.1) is 6.92 Å². The maximum atomic E-state index is 12.7. The zero-order chi connectivity index (χ0) is 17.1. The van der Waals surface area contributed by atoms with Crippen LogP contribution in [0.4, 0.5) is 5.82 Å². The first-order valence-electron chi connectivity index (χ1n) is 7.81. The van der Waals surface area contributed by atoms with Gasteiger partial charge < -0.3 is 14.7 Å². The van der Waals surface area contributed by atoms with E-state index < -0.39 is 6.04 Å². The third-order valence-corrected chi connectivity index (χ3v) is 4.75. The molecule has 7 heteroatoms. The van der Waals surface area contributed by atoms with Crippen molar-refractivity contribution in [1.29, 1.82) is 0 Å². The van der Waals surface area contributed by atoms with Gasteiger partial charge >= 0.3 is 0 Å². The summed E-state index contributed by atoms with van der Waals surface area (Å²) in [5, 5.41) is 8.45. The first-order chi connectivity index (χ1) is 11.5. The van der Waals surface area contributed by atoms with Crippen molar-refractivity contribution in [3.8, 4) is 0 Å². The Kier molecular flexibility index (Phi) is 4.80. The molecule has 0 aromatic carbocycles. The lowest BCUT2D eigenvalue weighted by Crippen LogP contribution is -2.43. The summed E-state index contributed by atoms with van der Waals surface area (Å²) in [5.41, 5.74) is 0.634. The highest BCUT2D eigenvalue weighted by molar-refractivity contribution is 7.10. The van der Waals surface area contributed by atoms with Gasteiger partial charge in [0.05, 0.1) is 0 Å². The molecule has 1 N–H and O–H groups in total. The molecular weight excluding hydrogens is 326 g/mol. The summed E-state index contributed by atoms with van der Waals surface area (Å²) in [7, 11) is 0. The Morgan fingerprint density at radius 1 is 1.50 bits per heavy atom. The number of amides is 2. The van der Waals surface area contributed by atoms with Crippen LogP contribution in [0.2, 0.25) is 0 Å². The smallest absolute Gasteiger partial charge is 0.250 e. The normalized spacial score (nSPS) is 18.0. The van der Waals surface area contributed by atoms with Gasteiger partial charge in [-0.05, 0) is 44.2 Å². The molecule has 0 saturated carbocycles. The van der Waals surface area contributed by atoms with Crippen LogP contribution in [0.5, 0.6) is 0 Å². The van der Waals surface area contributed by atoms with E-state index in [1.54, 1.807) is 36.2 Å². The Morgan fingerprint density at radius 2 is 2.33 bits per heavy atom. The quantitative estimate of drug-likeness (QED) is 0.864. The number of nitrogens with one attached hydrogen (secondary N) is 1. The molecule has 0 aliphatic carbocycles. The standard InChI is InChI=1S/C17H19N3O3S/c1-11(9-13-5-4-8-24-13)17(22)20-7-3-6-14(20)16(21)18-15-10-12(2)23-19-15/h4-5,8-10,14H,3,6-7H2,1-2H3,(H,18,19,21)/b11-9+/t14-/m0/s1.